The van der Waals surface area contributed by atoms with Gasteiger partial charge in [-0.05, 0) is 61.7 Å². The van der Waals surface area contributed by atoms with Gasteiger partial charge in [-0.15, -0.1) is 0 Å². The quantitative estimate of drug-likeness (QED) is 0.524. The van der Waals surface area contributed by atoms with Gasteiger partial charge in [0.25, 0.3) is 5.91 Å². The molecule has 0 spiro atoms. The molecule has 1 saturated heterocycles. The second-order valence-corrected chi connectivity index (χ2v) is 7.66. The number of furan rings is 1. The molecule has 0 radical (unpaired) electrons. The highest BCUT2D eigenvalue weighted by Crippen LogP contribution is 2.32. The number of rotatable bonds is 3. The fraction of sp³-hybridized carbons (Fsp3) is 0.261. The van der Waals surface area contributed by atoms with Gasteiger partial charge in [-0.25, -0.2) is 9.97 Å². The van der Waals surface area contributed by atoms with Crippen LogP contribution in [0.5, 0.6) is 0 Å². The Morgan fingerprint density at radius 2 is 2.07 bits per heavy atom. The van der Waals surface area contributed by atoms with Crippen molar-refractivity contribution in [2.75, 3.05) is 13.1 Å². The molecule has 1 fully saturated rings. The molecule has 6 heteroatoms. The highest BCUT2D eigenvalue weighted by molar-refractivity contribution is 5.94. The van der Waals surface area contributed by atoms with Crippen molar-refractivity contribution in [2.24, 2.45) is 0 Å². The van der Waals surface area contributed by atoms with Gasteiger partial charge in [0.15, 0.2) is 5.65 Å². The van der Waals surface area contributed by atoms with Crippen molar-refractivity contribution >= 4 is 17.1 Å². The number of carbonyl (C=O) groups excluding carboxylic acids is 1. The van der Waals surface area contributed by atoms with Gasteiger partial charge in [-0.2, -0.15) is 0 Å². The summed E-state index contributed by atoms with van der Waals surface area (Å²) >= 11 is 0. The van der Waals surface area contributed by atoms with Crippen LogP contribution in [0.25, 0.3) is 22.6 Å². The zero-order valence-electron chi connectivity index (χ0n) is 16.5. The van der Waals surface area contributed by atoms with Gasteiger partial charge >= 0.3 is 0 Å². The largest absolute Gasteiger partial charge is 0.472 e. The summed E-state index contributed by atoms with van der Waals surface area (Å²) in [6, 6.07) is 11.8. The van der Waals surface area contributed by atoms with Crippen LogP contribution >= 0.6 is 0 Å². The Hall–Kier alpha value is -3.41. The van der Waals surface area contributed by atoms with E-state index in [1.165, 1.54) is 5.56 Å². The average Bonchev–Trinajstić information content (AvgIpc) is 3.47. The molecule has 5 rings (SSSR count). The van der Waals surface area contributed by atoms with Crippen LogP contribution in [0, 0.1) is 13.8 Å². The third kappa shape index (κ3) is 3.01. The number of nitrogens with zero attached hydrogens (tertiary/aromatic N) is 4. The fourth-order valence-electron chi connectivity index (χ4n) is 4.06. The van der Waals surface area contributed by atoms with Gasteiger partial charge in [0.2, 0.25) is 0 Å². The monoisotopic (exact) mass is 386 g/mol. The number of benzene rings is 1. The summed E-state index contributed by atoms with van der Waals surface area (Å²) < 4.78 is 7.44. The SMILES string of the molecule is Cc1ccc(C(=O)N2CC[C@@H](n3c(-c4ccoc4)nc4cccnc43)C2)cc1C. The molecule has 6 nitrogen and oxygen atoms in total. The lowest BCUT2D eigenvalue weighted by atomic mass is 10.1. The summed E-state index contributed by atoms with van der Waals surface area (Å²) in [6.07, 6.45) is 6.00. The van der Waals surface area contributed by atoms with Crippen molar-refractivity contribution in [1.29, 1.82) is 0 Å². The van der Waals surface area contributed by atoms with Crippen molar-refractivity contribution in [1.82, 2.24) is 19.4 Å². The minimum absolute atomic E-state index is 0.0813. The van der Waals surface area contributed by atoms with Crippen LogP contribution in [0.15, 0.2) is 59.5 Å². The molecule has 1 aromatic carbocycles. The molecule has 1 aliphatic heterocycles. The Labute approximate surface area is 168 Å². The first-order chi connectivity index (χ1) is 14.1. The molecule has 29 heavy (non-hydrogen) atoms. The van der Waals surface area contributed by atoms with E-state index in [9.17, 15) is 4.79 Å². The van der Waals surface area contributed by atoms with E-state index in [1.54, 1.807) is 18.7 Å². The molecule has 4 aromatic rings. The predicted molar refractivity (Wildman–Crippen MR) is 111 cm³/mol. The summed E-state index contributed by atoms with van der Waals surface area (Å²) in [7, 11) is 0. The Kier molecular flexibility index (Phi) is 4.19. The third-order valence-corrected chi connectivity index (χ3v) is 5.80. The number of aryl methyl sites for hydroxylation is 2. The van der Waals surface area contributed by atoms with Gasteiger partial charge in [0.1, 0.15) is 17.6 Å². The van der Waals surface area contributed by atoms with Crippen molar-refractivity contribution < 1.29 is 9.21 Å². The number of carbonyl (C=O) groups is 1. The summed E-state index contributed by atoms with van der Waals surface area (Å²) in [5.41, 5.74) is 5.69. The summed E-state index contributed by atoms with van der Waals surface area (Å²) in [4.78, 5) is 24.4. The molecule has 1 amide bonds. The summed E-state index contributed by atoms with van der Waals surface area (Å²) in [6.45, 7) is 5.45. The number of pyridine rings is 1. The maximum Gasteiger partial charge on any atom is 0.253 e. The molecule has 0 unspecified atom stereocenters. The van der Waals surface area contributed by atoms with Crippen LogP contribution in [0.1, 0.15) is 33.9 Å². The molecule has 0 saturated carbocycles. The van der Waals surface area contributed by atoms with E-state index >= 15 is 0 Å². The maximum absolute atomic E-state index is 13.1. The smallest absolute Gasteiger partial charge is 0.253 e. The number of hydrogen-bond donors (Lipinski definition) is 0. The molecule has 146 valence electrons. The molecule has 1 aliphatic rings. The van der Waals surface area contributed by atoms with E-state index in [-0.39, 0.29) is 11.9 Å². The van der Waals surface area contributed by atoms with E-state index in [2.05, 4.69) is 16.5 Å². The third-order valence-electron chi connectivity index (χ3n) is 5.80. The summed E-state index contributed by atoms with van der Waals surface area (Å²) in [5.74, 6) is 0.913. The Balaban J connectivity index is 1.48. The normalized spacial score (nSPS) is 16.6. The van der Waals surface area contributed by atoms with Crippen molar-refractivity contribution in [3.8, 4) is 11.4 Å². The van der Waals surface area contributed by atoms with Crippen molar-refractivity contribution in [3.63, 3.8) is 0 Å². The number of likely N-dealkylation sites (tertiary alicyclic amines) is 1. The van der Waals surface area contributed by atoms with Crippen molar-refractivity contribution in [2.45, 2.75) is 26.3 Å². The number of imidazole rings is 1. The maximum atomic E-state index is 13.1. The molecule has 4 heterocycles. The number of hydrogen-bond acceptors (Lipinski definition) is 4. The lowest BCUT2D eigenvalue weighted by molar-refractivity contribution is 0.0788. The minimum Gasteiger partial charge on any atom is -0.472 e. The summed E-state index contributed by atoms with van der Waals surface area (Å²) in [5, 5.41) is 0. The van der Waals surface area contributed by atoms with Gasteiger partial charge in [-0.3, -0.25) is 4.79 Å². The van der Waals surface area contributed by atoms with Crippen LogP contribution in [0.3, 0.4) is 0 Å². The zero-order valence-corrected chi connectivity index (χ0v) is 16.5. The molecular formula is C23H22N4O2. The Morgan fingerprint density at radius 1 is 1.17 bits per heavy atom. The zero-order chi connectivity index (χ0) is 20.0. The van der Waals surface area contributed by atoms with Gasteiger partial charge in [0.05, 0.1) is 17.9 Å². The van der Waals surface area contributed by atoms with E-state index in [0.717, 1.165) is 40.1 Å². The van der Waals surface area contributed by atoms with Crippen LogP contribution in [-0.2, 0) is 0 Å². The first kappa shape index (κ1) is 17.7. The number of aromatic nitrogens is 3. The molecule has 0 bridgehead atoms. The average molecular weight is 386 g/mol. The van der Waals surface area contributed by atoms with E-state index in [4.69, 9.17) is 9.40 Å². The second-order valence-electron chi connectivity index (χ2n) is 7.66. The Bertz CT molecular complexity index is 1190. The van der Waals surface area contributed by atoms with Gasteiger partial charge < -0.3 is 13.9 Å². The molecular weight excluding hydrogens is 364 g/mol. The van der Waals surface area contributed by atoms with Gasteiger partial charge in [0, 0.05) is 24.8 Å². The van der Waals surface area contributed by atoms with Gasteiger partial charge in [-0.1, -0.05) is 6.07 Å². The first-order valence-corrected chi connectivity index (χ1v) is 9.84. The van der Waals surface area contributed by atoms with Crippen LogP contribution in [0.2, 0.25) is 0 Å². The first-order valence-electron chi connectivity index (χ1n) is 9.84. The van der Waals surface area contributed by atoms with E-state index in [1.807, 2.05) is 48.2 Å². The second kappa shape index (κ2) is 6.88. The van der Waals surface area contributed by atoms with E-state index < -0.39 is 0 Å². The predicted octanol–water partition coefficient (Wildman–Crippen LogP) is 4.40. The molecule has 0 aliphatic carbocycles. The topological polar surface area (TPSA) is 64.2 Å². The minimum atomic E-state index is 0.0813. The van der Waals surface area contributed by atoms with E-state index in [0.29, 0.717) is 13.1 Å². The van der Waals surface area contributed by atoms with Crippen molar-refractivity contribution in [3.05, 3.63) is 71.8 Å². The highest BCUT2D eigenvalue weighted by Gasteiger charge is 2.31. The standard InChI is InChI=1S/C23H22N4O2/c1-15-5-6-17(12-16(15)2)23(28)26-10-7-19(13-26)27-21(18-8-11-29-14-18)25-20-4-3-9-24-22(20)27/h3-6,8-9,11-12,14,19H,7,10,13H2,1-2H3/t19-/m1/s1. The Morgan fingerprint density at radius 3 is 2.86 bits per heavy atom. The van der Waals surface area contributed by atoms with Crippen LogP contribution in [0.4, 0.5) is 0 Å². The molecule has 3 aromatic heterocycles. The number of fused-ring (bicyclic) bond motifs is 1. The molecule has 0 N–H and O–H groups in total. The number of amides is 1. The lowest BCUT2D eigenvalue weighted by Gasteiger charge is -2.19. The highest BCUT2D eigenvalue weighted by atomic mass is 16.3. The van der Waals surface area contributed by atoms with Crippen LogP contribution < -0.4 is 0 Å². The molecule has 1 atom stereocenters. The lowest BCUT2D eigenvalue weighted by Crippen LogP contribution is -2.29. The fourth-order valence-corrected chi connectivity index (χ4v) is 4.06. The van der Waals surface area contributed by atoms with Crippen LogP contribution in [-0.4, -0.2) is 38.4 Å².